The Morgan fingerprint density at radius 2 is 2.19 bits per heavy atom. The van der Waals surface area contributed by atoms with Gasteiger partial charge in [0.05, 0.1) is 5.71 Å². The van der Waals surface area contributed by atoms with Gasteiger partial charge in [0.15, 0.2) is 11.6 Å². The van der Waals surface area contributed by atoms with Gasteiger partial charge in [-0.1, -0.05) is 11.2 Å². The molecule has 1 aromatic carbocycles. The van der Waals surface area contributed by atoms with Crippen molar-refractivity contribution in [3.05, 3.63) is 53.7 Å². The third-order valence-corrected chi connectivity index (χ3v) is 3.87. The van der Waals surface area contributed by atoms with Gasteiger partial charge in [-0.25, -0.2) is 13.8 Å². The summed E-state index contributed by atoms with van der Waals surface area (Å²) in [4.78, 5) is 21.6. The molecule has 0 bridgehead atoms. The van der Waals surface area contributed by atoms with Gasteiger partial charge < -0.3 is 14.9 Å². The Bertz CT molecular complexity index is 873. The van der Waals surface area contributed by atoms with E-state index in [9.17, 15) is 13.6 Å². The molecule has 0 aliphatic carbocycles. The Morgan fingerprint density at radius 3 is 2.88 bits per heavy atom. The van der Waals surface area contributed by atoms with Crippen molar-refractivity contribution in [2.24, 2.45) is 5.16 Å². The summed E-state index contributed by atoms with van der Waals surface area (Å²) in [6, 6.07) is 6.33. The van der Waals surface area contributed by atoms with Gasteiger partial charge in [0, 0.05) is 30.8 Å². The van der Waals surface area contributed by atoms with E-state index in [-0.39, 0.29) is 24.1 Å². The first kappa shape index (κ1) is 17.8. The number of amides is 1. The van der Waals surface area contributed by atoms with Crippen molar-refractivity contribution in [1.82, 2.24) is 10.3 Å². The number of rotatable bonds is 5. The van der Waals surface area contributed by atoms with E-state index in [0.717, 1.165) is 17.8 Å². The zero-order valence-electron chi connectivity index (χ0n) is 14.3. The lowest BCUT2D eigenvalue weighted by atomic mass is 9.99. The molecule has 3 rings (SSSR count). The zero-order valence-corrected chi connectivity index (χ0v) is 14.3. The summed E-state index contributed by atoms with van der Waals surface area (Å²) in [5.74, 6) is -1.92. The summed E-state index contributed by atoms with van der Waals surface area (Å²) in [6.45, 7) is 3.53. The van der Waals surface area contributed by atoms with Gasteiger partial charge in [-0.05, 0) is 32.0 Å². The number of hydrogen-bond donors (Lipinski definition) is 1. The minimum absolute atomic E-state index is 0.100. The molecule has 26 heavy (non-hydrogen) atoms. The maximum absolute atomic E-state index is 13.8. The lowest BCUT2D eigenvalue weighted by Crippen LogP contribution is -2.44. The second-order valence-corrected chi connectivity index (χ2v) is 6.15. The molecule has 0 spiro atoms. The largest absolute Gasteiger partial charge is 0.436 e. The average molecular weight is 361 g/mol. The minimum atomic E-state index is -1.06. The number of carbonyl (C=O) groups is 1. The lowest BCUT2D eigenvalue weighted by molar-refractivity contribution is -0.141. The van der Waals surface area contributed by atoms with Crippen LogP contribution in [0.4, 0.5) is 8.78 Å². The number of aromatic nitrogens is 1. The Labute approximate surface area is 148 Å². The van der Waals surface area contributed by atoms with Gasteiger partial charge in [0.25, 0.3) is 5.91 Å². The number of oxime groups is 1. The number of pyridine rings is 1. The molecule has 0 fully saturated rings. The number of halogens is 2. The van der Waals surface area contributed by atoms with Gasteiger partial charge in [-0.15, -0.1) is 0 Å². The number of benzene rings is 1. The number of hydrogen-bond acceptors (Lipinski definition) is 5. The molecule has 1 atom stereocenters. The van der Waals surface area contributed by atoms with E-state index in [1.165, 1.54) is 12.3 Å². The van der Waals surface area contributed by atoms with Crippen LogP contribution in [0.2, 0.25) is 0 Å². The van der Waals surface area contributed by atoms with Crippen LogP contribution < -0.4 is 10.1 Å². The predicted octanol–water partition coefficient (Wildman–Crippen LogP) is 3.32. The second-order valence-electron chi connectivity index (χ2n) is 6.15. The minimum Gasteiger partial charge on any atom is -0.436 e. The molecule has 0 saturated heterocycles. The standard InChI is InChI=1S/C18H17F2N3O3/c1-11-9-18(2,26-23-11)17(24)22-10-12-4-3-7-21-16(12)25-15-6-5-13(19)8-14(15)20/h3-8H,9-10H2,1-2H3,(H,22,24)/t18-/m0/s1. The molecule has 136 valence electrons. The van der Waals surface area contributed by atoms with Crippen molar-refractivity contribution < 1.29 is 23.1 Å². The monoisotopic (exact) mass is 361 g/mol. The molecule has 1 aliphatic rings. The molecule has 2 aromatic rings. The van der Waals surface area contributed by atoms with E-state index < -0.39 is 17.2 Å². The Morgan fingerprint density at radius 1 is 1.38 bits per heavy atom. The van der Waals surface area contributed by atoms with Crippen molar-refractivity contribution in [3.8, 4) is 11.6 Å². The van der Waals surface area contributed by atoms with E-state index >= 15 is 0 Å². The van der Waals surface area contributed by atoms with E-state index in [1.54, 1.807) is 26.0 Å². The summed E-state index contributed by atoms with van der Waals surface area (Å²) in [5, 5.41) is 6.54. The summed E-state index contributed by atoms with van der Waals surface area (Å²) < 4.78 is 32.2. The number of nitrogens with one attached hydrogen (secondary N) is 1. The van der Waals surface area contributed by atoms with Gasteiger partial charge in [-0.3, -0.25) is 4.79 Å². The smallest absolute Gasteiger partial charge is 0.267 e. The van der Waals surface area contributed by atoms with Crippen molar-refractivity contribution >= 4 is 11.6 Å². The highest BCUT2D eigenvalue weighted by atomic mass is 19.1. The van der Waals surface area contributed by atoms with Crippen LogP contribution in [0, 0.1) is 11.6 Å². The van der Waals surface area contributed by atoms with Crippen LogP contribution >= 0.6 is 0 Å². The quantitative estimate of drug-likeness (QED) is 0.887. The Hall–Kier alpha value is -3.03. The molecule has 8 heteroatoms. The van der Waals surface area contributed by atoms with Crippen LogP contribution in [0.1, 0.15) is 25.8 Å². The van der Waals surface area contributed by atoms with Gasteiger partial charge in [0.2, 0.25) is 11.5 Å². The van der Waals surface area contributed by atoms with Crippen molar-refractivity contribution in [1.29, 1.82) is 0 Å². The first-order chi connectivity index (χ1) is 12.4. The van der Waals surface area contributed by atoms with Crippen molar-refractivity contribution in [2.75, 3.05) is 0 Å². The van der Waals surface area contributed by atoms with Crippen LogP contribution in [0.15, 0.2) is 41.7 Å². The van der Waals surface area contributed by atoms with Crippen molar-refractivity contribution in [3.63, 3.8) is 0 Å². The highest BCUT2D eigenvalue weighted by Gasteiger charge is 2.40. The molecule has 1 aromatic heterocycles. The van der Waals surface area contributed by atoms with Gasteiger partial charge in [0.1, 0.15) is 5.82 Å². The molecular formula is C18H17F2N3O3. The summed E-state index contributed by atoms with van der Waals surface area (Å²) in [5.41, 5.74) is 0.208. The maximum Gasteiger partial charge on any atom is 0.267 e. The first-order valence-electron chi connectivity index (χ1n) is 7.94. The molecule has 0 radical (unpaired) electrons. The summed E-state index contributed by atoms with van der Waals surface area (Å²) >= 11 is 0. The second kappa shape index (κ2) is 7.07. The first-order valence-corrected chi connectivity index (χ1v) is 7.94. The molecule has 0 saturated carbocycles. The third-order valence-electron chi connectivity index (χ3n) is 3.87. The topological polar surface area (TPSA) is 72.8 Å². The highest BCUT2D eigenvalue weighted by Crippen LogP contribution is 2.27. The van der Waals surface area contributed by atoms with Gasteiger partial charge in [-0.2, -0.15) is 0 Å². The number of nitrogens with zero attached hydrogens (tertiary/aromatic N) is 2. The normalized spacial score (nSPS) is 18.8. The van der Waals surface area contributed by atoms with E-state index in [2.05, 4.69) is 15.5 Å². The number of carbonyl (C=O) groups excluding carboxylic acids is 1. The average Bonchev–Trinajstić information content (AvgIpc) is 2.96. The highest BCUT2D eigenvalue weighted by molar-refractivity contribution is 5.94. The third kappa shape index (κ3) is 3.79. The molecule has 1 N–H and O–H groups in total. The van der Waals surface area contributed by atoms with Crippen LogP contribution in [0.25, 0.3) is 0 Å². The predicted molar refractivity (Wildman–Crippen MR) is 89.7 cm³/mol. The summed E-state index contributed by atoms with van der Waals surface area (Å²) in [7, 11) is 0. The SMILES string of the molecule is CC1=NO[C@](C)(C(=O)NCc2cccnc2Oc2ccc(F)cc2F)C1. The molecule has 1 amide bonds. The molecule has 6 nitrogen and oxygen atoms in total. The van der Waals surface area contributed by atoms with Crippen LogP contribution in [0.5, 0.6) is 11.6 Å². The number of ether oxygens (including phenoxy) is 1. The van der Waals surface area contributed by atoms with Crippen LogP contribution in [-0.2, 0) is 16.2 Å². The summed E-state index contributed by atoms with van der Waals surface area (Å²) in [6.07, 6.45) is 1.87. The molecule has 0 unspecified atom stereocenters. The maximum atomic E-state index is 13.8. The fourth-order valence-corrected chi connectivity index (χ4v) is 2.53. The fourth-order valence-electron chi connectivity index (χ4n) is 2.53. The van der Waals surface area contributed by atoms with E-state index in [0.29, 0.717) is 12.0 Å². The zero-order chi connectivity index (χ0) is 18.7. The lowest BCUT2D eigenvalue weighted by Gasteiger charge is -2.20. The van der Waals surface area contributed by atoms with Crippen LogP contribution in [0.3, 0.4) is 0 Å². The van der Waals surface area contributed by atoms with E-state index in [4.69, 9.17) is 9.57 Å². The molecular weight excluding hydrogens is 344 g/mol. The van der Waals surface area contributed by atoms with Gasteiger partial charge >= 0.3 is 0 Å². The van der Waals surface area contributed by atoms with Crippen LogP contribution in [-0.4, -0.2) is 22.2 Å². The Kier molecular flexibility index (Phi) is 4.83. The van der Waals surface area contributed by atoms with E-state index in [1.807, 2.05) is 0 Å². The molecule has 1 aliphatic heterocycles. The molecule has 2 heterocycles. The fraction of sp³-hybridized carbons (Fsp3) is 0.278. The van der Waals surface area contributed by atoms with Crippen molar-refractivity contribution in [2.45, 2.75) is 32.4 Å². The Balaban J connectivity index is 1.70.